The van der Waals surface area contributed by atoms with E-state index in [4.69, 9.17) is 17.0 Å². The molecule has 0 radical (unpaired) electrons. The molecule has 0 bridgehead atoms. The highest BCUT2D eigenvalue weighted by atomic mass is 35.5. The maximum Gasteiger partial charge on any atom is 0.261 e. The van der Waals surface area contributed by atoms with Crippen molar-refractivity contribution in [1.29, 1.82) is 5.41 Å². The molecule has 1 fully saturated rings. The molecule has 0 aliphatic carbocycles. The summed E-state index contributed by atoms with van der Waals surface area (Å²) in [6.07, 6.45) is 2.25. The second kappa shape index (κ2) is 9.03. The largest absolute Gasteiger partial charge is 0.356 e. The standard InChI is InChI=1S/C17H18ClN3O2S3/c18-14-6-5-12(26-14)16(22)20-7-10-24-17(23)13-4-3-11(25-13)15(19)21-8-1-2-9-21/h3-6,19H,1-2,7-10H2,(H,20,22). The van der Waals surface area contributed by atoms with Gasteiger partial charge in [0.2, 0.25) is 5.12 Å². The molecule has 1 aliphatic heterocycles. The van der Waals surface area contributed by atoms with Crippen LogP contribution >= 0.6 is 46.0 Å². The molecule has 1 aliphatic rings. The topological polar surface area (TPSA) is 73.3 Å². The van der Waals surface area contributed by atoms with E-state index in [-0.39, 0.29) is 11.0 Å². The van der Waals surface area contributed by atoms with Gasteiger partial charge in [-0.1, -0.05) is 23.4 Å². The second-order valence-corrected chi connectivity index (χ2v) is 9.57. The monoisotopic (exact) mass is 427 g/mol. The fourth-order valence-corrected chi connectivity index (χ4v) is 5.25. The Morgan fingerprint density at radius 2 is 1.81 bits per heavy atom. The van der Waals surface area contributed by atoms with Crippen LogP contribution < -0.4 is 5.32 Å². The summed E-state index contributed by atoms with van der Waals surface area (Å²) in [6, 6.07) is 7.00. The van der Waals surface area contributed by atoms with Crippen molar-refractivity contribution >= 4 is 62.9 Å². The molecule has 5 nitrogen and oxygen atoms in total. The van der Waals surface area contributed by atoms with Crippen molar-refractivity contribution in [2.75, 3.05) is 25.4 Å². The van der Waals surface area contributed by atoms with Gasteiger partial charge in [0.1, 0.15) is 5.84 Å². The fourth-order valence-electron chi connectivity index (χ4n) is 2.57. The molecule has 3 heterocycles. The van der Waals surface area contributed by atoms with Crippen LogP contribution in [0.25, 0.3) is 0 Å². The van der Waals surface area contributed by atoms with Crippen molar-refractivity contribution in [3.8, 4) is 0 Å². The first-order valence-electron chi connectivity index (χ1n) is 8.19. The summed E-state index contributed by atoms with van der Waals surface area (Å²) in [4.78, 5) is 28.3. The van der Waals surface area contributed by atoms with Crippen molar-refractivity contribution in [3.63, 3.8) is 0 Å². The SMILES string of the molecule is N=C(c1ccc(C(=O)SCCNC(=O)c2ccc(Cl)s2)s1)N1CCCC1. The van der Waals surface area contributed by atoms with Crippen LogP contribution in [0.15, 0.2) is 24.3 Å². The van der Waals surface area contributed by atoms with Gasteiger partial charge in [-0.3, -0.25) is 15.0 Å². The average Bonchev–Trinajstić information content (AvgIpc) is 3.38. The smallest absolute Gasteiger partial charge is 0.261 e. The molecular formula is C17H18ClN3O2S3. The van der Waals surface area contributed by atoms with Crippen molar-refractivity contribution in [2.45, 2.75) is 12.8 Å². The van der Waals surface area contributed by atoms with Crippen molar-refractivity contribution in [1.82, 2.24) is 10.2 Å². The number of carbonyl (C=O) groups excluding carboxylic acids is 2. The zero-order chi connectivity index (χ0) is 18.5. The number of halogens is 1. The Morgan fingerprint density at radius 1 is 1.12 bits per heavy atom. The zero-order valence-corrected chi connectivity index (χ0v) is 17.1. The van der Waals surface area contributed by atoms with Gasteiger partial charge in [-0.2, -0.15) is 0 Å². The maximum absolute atomic E-state index is 12.3. The lowest BCUT2D eigenvalue weighted by atomic mass is 10.4. The molecule has 0 atom stereocenters. The van der Waals surface area contributed by atoms with Gasteiger partial charge in [-0.25, -0.2) is 0 Å². The number of thioether (sulfide) groups is 1. The minimum Gasteiger partial charge on any atom is -0.356 e. The van der Waals surface area contributed by atoms with E-state index in [1.165, 1.54) is 34.4 Å². The molecule has 138 valence electrons. The number of carbonyl (C=O) groups is 2. The van der Waals surface area contributed by atoms with Crippen molar-refractivity contribution < 1.29 is 9.59 Å². The number of nitrogens with one attached hydrogen (secondary N) is 2. The van der Waals surface area contributed by atoms with Crippen LogP contribution in [0.5, 0.6) is 0 Å². The van der Waals surface area contributed by atoms with Crippen LogP contribution in [-0.4, -0.2) is 47.1 Å². The number of amides is 1. The van der Waals surface area contributed by atoms with E-state index in [2.05, 4.69) is 10.2 Å². The lowest BCUT2D eigenvalue weighted by Crippen LogP contribution is -2.26. The number of nitrogens with zero attached hydrogens (tertiary/aromatic N) is 1. The number of likely N-dealkylation sites (tertiary alicyclic amines) is 1. The molecular weight excluding hydrogens is 410 g/mol. The van der Waals surface area contributed by atoms with Gasteiger partial charge in [0.25, 0.3) is 5.91 Å². The Labute approximate surface area is 169 Å². The Balaban J connectivity index is 1.43. The van der Waals surface area contributed by atoms with E-state index >= 15 is 0 Å². The van der Waals surface area contributed by atoms with Gasteiger partial charge >= 0.3 is 0 Å². The highest BCUT2D eigenvalue weighted by Crippen LogP contribution is 2.24. The van der Waals surface area contributed by atoms with Crippen molar-refractivity contribution in [2.24, 2.45) is 0 Å². The summed E-state index contributed by atoms with van der Waals surface area (Å²) in [5.41, 5.74) is 0. The highest BCUT2D eigenvalue weighted by molar-refractivity contribution is 8.14. The van der Waals surface area contributed by atoms with E-state index < -0.39 is 0 Å². The summed E-state index contributed by atoms with van der Waals surface area (Å²) in [6.45, 7) is 2.25. The quantitative estimate of drug-likeness (QED) is 0.412. The number of rotatable bonds is 6. The predicted molar refractivity (Wildman–Crippen MR) is 110 cm³/mol. The van der Waals surface area contributed by atoms with E-state index in [9.17, 15) is 9.59 Å². The number of hydrogen-bond donors (Lipinski definition) is 2. The van der Waals surface area contributed by atoms with Gasteiger partial charge in [0.15, 0.2) is 0 Å². The van der Waals surface area contributed by atoms with Gasteiger partial charge < -0.3 is 10.2 Å². The third-order valence-corrected chi connectivity index (χ3v) is 7.22. The van der Waals surface area contributed by atoms with Crippen LogP contribution in [0.1, 0.15) is 37.1 Å². The Kier molecular flexibility index (Phi) is 6.74. The zero-order valence-electron chi connectivity index (χ0n) is 13.9. The molecule has 1 saturated heterocycles. The Bertz CT molecular complexity index is 812. The number of thiophene rings is 2. The molecule has 9 heteroatoms. The summed E-state index contributed by atoms with van der Waals surface area (Å²) in [5.74, 6) is 0.839. The van der Waals surface area contributed by atoms with Crippen LogP contribution in [0, 0.1) is 5.41 Å². The summed E-state index contributed by atoms with van der Waals surface area (Å²) in [5, 5.41) is 11.0. The first kappa shape index (κ1) is 19.4. The first-order valence-corrected chi connectivity index (χ1v) is 11.2. The fraction of sp³-hybridized carbons (Fsp3) is 0.353. The predicted octanol–water partition coefficient (Wildman–Crippen LogP) is 4.19. The molecule has 1 amide bonds. The van der Waals surface area contributed by atoms with Gasteiger partial charge in [0.05, 0.1) is 19.0 Å². The lowest BCUT2D eigenvalue weighted by molar-refractivity contribution is 0.0959. The lowest BCUT2D eigenvalue weighted by Gasteiger charge is -2.16. The normalized spacial score (nSPS) is 13.8. The van der Waals surface area contributed by atoms with E-state index in [0.29, 0.717) is 32.2 Å². The van der Waals surface area contributed by atoms with Crippen LogP contribution in [0.3, 0.4) is 0 Å². The Hall–Kier alpha value is -1.35. The molecule has 2 N–H and O–H groups in total. The number of amidine groups is 1. The van der Waals surface area contributed by atoms with Gasteiger partial charge in [-0.05, 0) is 37.1 Å². The summed E-state index contributed by atoms with van der Waals surface area (Å²) < 4.78 is 0.577. The van der Waals surface area contributed by atoms with Crippen LogP contribution in [0.2, 0.25) is 4.34 Å². The van der Waals surface area contributed by atoms with Gasteiger partial charge in [-0.15, -0.1) is 22.7 Å². The molecule has 26 heavy (non-hydrogen) atoms. The Morgan fingerprint density at radius 3 is 2.50 bits per heavy atom. The first-order chi connectivity index (χ1) is 12.5. The van der Waals surface area contributed by atoms with E-state index in [1.807, 2.05) is 6.07 Å². The van der Waals surface area contributed by atoms with E-state index in [1.54, 1.807) is 18.2 Å². The summed E-state index contributed by atoms with van der Waals surface area (Å²) >= 11 is 9.59. The summed E-state index contributed by atoms with van der Waals surface area (Å²) in [7, 11) is 0. The van der Waals surface area contributed by atoms with Crippen LogP contribution in [0.4, 0.5) is 0 Å². The van der Waals surface area contributed by atoms with Crippen LogP contribution in [-0.2, 0) is 0 Å². The maximum atomic E-state index is 12.3. The molecule has 0 spiro atoms. The molecule has 2 aromatic heterocycles. The van der Waals surface area contributed by atoms with Gasteiger partial charge in [0, 0.05) is 25.4 Å². The molecule has 2 aromatic rings. The van der Waals surface area contributed by atoms with Crippen molar-refractivity contribution in [3.05, 3.63) is 43.2 Å². The van der Waals surface area contributed by atoms with E-state index in [0.717, 1.165) is 30.8 Å². The highest BCUT2D eigenvalue weighted by Gasteiger charge is 2.19. The number of hydrogen-bond acceptors (Lipinski definition) is 6. The second-order valence-electron chi connectivity index (χ2n) is 5.70. The average molecular weight is 428 g/mol. The molecule has 0 saturated carbocycles. The minimum absolute atomic E-state index is 0.0242. The molecule has 0 aromatic carbocycles. The minimum atomic E-state index is -0.174. The molecule has 0 unspecified atom stereocenters. The molecule has 3 rings (SSSR count). The third-order valence-electron chi connectivity index (χ3n) is 3.88. The third kappa shape index (κ3) is 4.88.